The van der Waals surface area contributed by atoms with Crippen molar-refractivity contribution in [3.8, 4) is 17.2 Å². The molecule has 27 heteroatoms. The van der Waals surface area contributed by atoms with Gasteiger partial charge in [-0.3, -0.25) is 0 Å². The number of aliphatic hydroxyl groups is 12. The van der Waals surface area contributed by atoms with Gasteiger partial charge in [0.1, 0.15) is 73.7 Å². The van der Waals surface area contributed by atoms with Gasteiger partial charge in [-0.2, -0.15) is 0 Å². The van der Waals surface area contributed by atoms with Gasteiger partial charge >= 0.3 is 0 Å². The van der Waals surface area contributed by atoms with E-state index in [4.69, 9.17) is 59.1 Å². The molecule has 0 aliphatic carbocycles. The molecule has 0 heterocycles. The number of ether oxygens (including phenoxy) is 12. The van der Waals surface area contributed by atoms with Crippen LogP contribution in [0, 0.1) is 42.7 Å². The summed E-state index contributed by atoms with van der Waals surface area (Å²) in [5.74, 6) is 0.490. The second kappa shape index (κ2) is 50.8. The van der Waals surface area contributed by atoms with Crippen LogP contribution < -0.4 is 14.2 Å². The van der Waals surface area contributed by atoms with E-state index in [0.717, 1.165) is 0 Å². The van der Waals surface area contributed by atoms with Crippen molar-refractivity contribution >= 4 is 0 Å². The molecule has 0 amide bonds. The number of benzene rings is 1. The third-order valence-corrected chi connectivity index (χ3v) is 6.88. The van der Waals surface area contributed by atoms with E-state index in [1.165, 1.54) is 18.2 Å². The van der Waals surface area contributed by atoms with Crippen LogP contribution in [0.5, 0.6) is 17.2 Å². The van der Waals surface area contributed by atoms with E-state index >= 15 is 0 Å². The molecule has 0 aliphatic rings. The monoisotopic (exact) mass is 1730 g/mol. The Bertz CT molecular complexity index is 958. The van der Waals surface area contributed by atoms with Gasteiger partial charge in [0, 0.05) is 57.8 Å². The zero-order chi connectivity index (χ0) is 48.3. The normalized spacial score (nSPS) is 14.6. The minimum Gasteiger partial charge on any atom is -0.553 e. The van der Waals surface area contributed by atoms with Crippen LogP contribution in [0.2, 0.25) is 0 Å². The first kappa shape index (κ1) is 72.4. The van der Waals surface area contributed by atoms with Crippen LogP contribution in [0.1, 0.15) is 0 Å². The third-order valence-electron chi connectivity index (χ3n) is 6.88. The van der Waals surface area contributed by atoms with E-state index in [-0.39, 0.29) is 136 Å². The SMILES string of the molecule is [CH2-]OCC(O)C(O)COc1cc(OCC(O)C(O)CO[CH2-])cc(OCC(O)C(O)CO[CH2-])c1.[CH2-]OCC(O)COCCO.[CH2-]OCC(O)COCCO.[CH2-]OCC(O)COCCO.[Rf].[Rf].[Rf]. The topological polar surface area (TPSA) is 354 Å². The molecule has 12 N–H and O–H groups in total. The molecule has 1 rings (SSSR count). The first-order valence-electron chi connectivity index (χ1n) is 19.1. The molecule has 0 bridgehead atoms. The predicted molar refractivity (Wildman–Crippen MR) is 219 cm³/mol. The zero-order valence-corrected chi connectivity index (χ0v) is 57.0. The molecule has 0 aromatic heterocycles. The van der Waals surface area contributed by atoms with Crippen LogP contribution in [0.4, 0.5) is 0 Å². The molecule has 66 heavy (non-hydrogen) atoms. The Morgan fingerprint density at radius 1 is 0.318 bits per heavy atom. The first-order chi connectivity index (χ1) is 30.1. The maximum atomic E-state index is 9.92. The average Bonchev–Trinajstić information content (AvgIpc) is 3.25. The molecule has 0 saturated carbocycles. The van der Waals surface area contributed by atoms with Crippen LogP contribution in [0.15, 0.2) is 18.2 Å². The number of rotatable bonds is 36. The molecule has 0 saturated heterocycles. The predicted octanol–water partition coefficient (Wildman–Crippen LogP) is -4.09. The Labute approximate surface area is 369 Å². The Balaban J connectivity index is -0.000000222. The number of aliphatic hydroxyl groups excluding tert-OH is 12. The Kier molecular flexibility index (Phi) is 55.7. The van der Waals surface area contributed by atoms with Gasteiger partial charge in [0.05, 0.1) is 77.8 Å². The second-order valence-electron chi connectivity index (χ2n) is 12.6. The number of hydrogen-bond acceptors (Lipinski definition) is 24. The summed E-state index contributed by atoms with van der Waals surface area (Å²) >= 11 is 0. The summed E-state index contributed by atoms with van der Waals surface area (Å²) < 4.78 is 57.6. The molecule has 0 spiro atoms. The first-order valence-corrected chi connectivity index (χ1v) is 19.1. The Morgan fingerprint density at radius 3 is 0.697 bits per heavy atom. The summed E-state index contributed by atoms with van der Waals surface area (Å²) in [6.45, 7) is 0.131. The fraction of sp³-hybridized carbons (Fsp3) is 0.692. The van der Waals surface area contributed by atoms with E-state index in [1.54, 1.807) is 0 Å². The molecular weight excluding hydrogens is 1650 g/mol. The van der Waals surface area contributed by atoms with Gasteiger partial charge in [-0.1, -0.05) is 0 Å². The summed E-state index contributed by atoms with van der Waals surface area (Å²) in [4.78, 5) is 0. The minimum atomic E-state index is -1.28. The van der Waals surface area contributed by atoms with E-state index in [9.17, 15) is 30.6 Å². The summed E-state index contributed by atoms with van der Waals surface area (Å²) in [6.07, 6.45) is -9.46. The van der Waals surface area contributed by atoms with Gasteiger partial charge < -0.3 is 118 Å². The summed E-state index contributed by atoms with van der Waals surface area (Å²) in [6, 6.07) is 4.26. The van der Waals surface area contributed by atoms with E-state index < -0.39 is 54.9 Å². The van der Waals surface area contributed by atoms with Crippen LogP contribution in [0.3, 0.4) is 0 Å². The molecule has 0 radical (unpaired) electrons. The average molecular weight is 1730 g/mol. The van der Waals surface area contributed by atoms with Crippen LogP contribution >= 0.6 is 0 Å². The summed E-state index contributed by atoms with van der Waals surface area (Å²) in [5, 5.41) is 110. The second-order valence-corrected chi connectivity index (χ2v) is 12.6. The maximum absolute atomic E-state index is 9.92. The van der Waals surface area contributed by atoms with Gasteiger partial charge in [0.25, 0.3) is 0 Å². The standard InChI is InChI=1S/C21H33O12.3C6H13O4.3Rf/c1-28-7-16(22)19(25)10-31-13-4-14(32-11-20(26)17(23)8-29-2)6-15(5-13)33-12-21(27)18(24)9-30-3;3*1-9-4-6(8)5-10-3-2-7;;;/h4-6,16-27H,1-3,7-12H2;3*6-8H,1-5H2;;;/q-3;3*-1;;;. The minimum absolute atomic E-state index is 0. The largest absolute Gasteiger partial charge is 0.553 e. The zero-order valence-electron chi connectivity index (χ0n) is 37.8. The van der Waals surface area contributed by atoms with Crippen molar-refractivity contribution in [3.05, 3.63) is 60.9 Å². The molecule has 9 unspecified atom stereocenters. The summed E-state index contributed by atoms with van der Waals surface area (Å²) in [5.41, 5.74) is 0. The molecule has 24 nitrogen and oxygen atoms in total. The quantitative estimate of drug-likeness (QED) is 0.0224. The fourth-order valence-corrected chi connectivity index (χ4v) is 3.77. The van der Waals surface area contributed by atoms with Crippen molar-refractivity contribution in [2.45, 2.75) is 54.9 Å². The van der Waals surface area contributed by atoms with E-state index in [0.29, 0.717) is 0 Å². The van der Waals surface area contributed by atoms with Gasteiger partial charge in [-0.15, -0.1) is 0 Å². The van der Waals surface area contributed by atoms with Gasteiger partial charge in [-0.25, -0.2) is 42.7 Å². The van der Waals surface area contributed by atoms with Crippen molar-refractivity contribution < 1.29 is 118 Å². The van der Waals surface area contributed by atoms with Crippen molar-refractivity contribution in [2.75, 3.05) is 119 Å². The van der Waals surface area contributed by atoms with Crippen molar-refractivity contribution in [3.63, 3.8) is 0 Å². The van der Waals surface area contributed by atoms with E-state index in [2.05, 4.69) is 71.1 Å². The van der Waals surface area contributed by atoms with Crippen LogP contribution in [0.25, 0.3) is 0 Å². The Morgan fingerprint density at radius 2 is 0.515 bits per heavy atom. The van der Waals surface area contributed by atoms with Crippen LogP contribution in [-0.2, 0) is 42.6 Å². The molecule has 1 aromatic rings. The smallest absolute Gasteiger partial charge is 0.126 e. The molecule has 0 aliphatic heterocycles. The molecule has 9 atom stereocenters. The summed E-state index contributed by atoms with van der Waals surface area (Å²) in [7, 11) is 18.6. The van der Waals surface area contributed by atoms with Crippen molar-refractivity contribution in [2.24, 2.45) is 0 Å². The van der Waals surface area contributed by atoms with Gasteiger partial charge in [-0.05, 0) is 0 Å². The maximum Gasteiger partial charge on any atom is 0.126 e. The van der Waals surface area contributed by atoms with Crippen molar-refractivity contribution in [1.82, 2.24) is 0 Å². The fourth-order valence-electron chi connectivity index (χ4n) is 3.77. The van der Waals surface area contributed by atoms with Crippen LogP contribution in [-0.4, -0.2) is 235 Å². The van der Waals surface area contributed by atoms with Gasteiger partial charge in [0.15, 0.2) is 0 Å². The number of hydrogen-bond donors (Lipinski definition) is 12. The van der Waals surface area contributed by atoms with E-state index in [1.807, 2.05) is 0 Å². The third kappa shape index (κ3) is 44.0. The van der Waals surface area contributed by atoms with Gasteiger partial charge in [0.2, 0.25) is 0 Å². The molecule has 384 valence electrons. The van der Waals surface area contributed by atoms with Crippen molar-refractivity contribution in [1.29, 1.82) is 0 Å². The molecular formula is C39H72O24Rf3-6. The Hall–Kier alpha value is -5.22. The molecule has 1 aromatic carbocycles. The molecule has 0 fully saturated rings.